The fraction of sp³-hybridized carbons (Fsp3) is 0.300. The first-order chi connectivity index (χ1) is 13.8. The summed E-state index contributed by atoms with van der Waals surface area (Å²) in [6.07, 6.45) is 0.425. The van der Waals surface area contributed by atoms with E-state index in [1.807, 2.05) is 12.1 Å². The van der Waals surface area contributed by atoms with Gasteiger partial charge in [0, 0.05) is 39.5 Å². The molecular weight excluding hydrogens is 392 g/mol. The molecule has 0 spiro atoms. The molecule has 0 aliphatic carbocycles. The number of nitrogens with one attached hydrogen (secondary N) is 2. The molecule has 0 bridgehead atoms. The van der Waals surface area contributed by atoms with Crippen molar-refractivity contribution in [3.8, 4) is 0 Å². The molecule has 0 radical (unpaired) electrons. The van der Waals surface area contributed by atoms with E-state index in [0.717, 1.165) is 22.2 Å². The Balaban J connectivity index is 1.50. The molecule has 2 aromatic carbocycles. The van der Waals surface area contributed by atoms with E-state index in [1.54, 1.807) is 49.0 Å². The SMILES string of the molecule is Cn1c(=O)n(C)c2cc(CNS(=O)(=O)c3ccc([C@@H]4CNC(=O)C4)cc3)ccc21. The lowest BCUT2D eigenvalue weighted by atomic mass is 9.99. The van der Waals surface area contributed by atoms with Crippen LogP contribution in [0.25, 0.3) is 11.0 Å². The van der Waals surface area contributed by atoms with E-state index in [9.17, 15) is 18.0 Å². The van der Waals surface area contributed by atoms with Crippen LogP contribution in [0.2, 0.25) is 0 Å². The highest BCUT2D eigenvalue weighted by atomic mass is 32.2. The lowest BCUT2D eigenvalue weighted by molar-refractivity contribution is -0.119. The third-order valence-corrected chi connectivity index (χ3v) is 6.86. The molecule has 152 valence electrons. The molecule has 0 saturated carbocycles. The fourth-order valence-electron chi connectivity index (χ4n) is 3.68. The molecule has 3 aromatic rings. The summed E-state index contributed by atoms with van der Waals surface area (Å²) in [5.74, 6) is 0.0951. The van der Waals surface area contributed by atoms with Crippen LogP contribution in [0.1, 0.15) is 23.5 Å². The number of imidazole rings is 1. The predicted octanol–water partition coefficient (Wildman–Crippen LogP) is 0.959. The molecule has 1 aliphatic heterocycles. The molecule has 1 atom stereocenters. The molecule has 9 heteroatoms. The predicted molar refractivity (Wildman–Crippen MR) is 109 cm³/mol. The van der Waals surface area contributed by atoms with Crippen molar-refractivity contribution in [2.24, 2.45) is 14.1 Å². The van der Waals surface area contributed by atoms with Crippen LogP contribution < -0.4 is 15.7 Å². The average molecular weight is 414 g/mol. The largest absolute Gasteiger partial charge is 0.355 e. The third-order valence-electron chi connectivity index (χ3n) is 5.44. The molecule has 0 unspecified atom stereocenters. The Kier molecular flexibility index (Phi) is 4.79. The molecule has 29 heavy (non-hydrogen) atoms. The summed E-state index contributed by atoms with van der Waals surface area (Å²) in [7, 11) is -0.291. The molecule has 2 N–H and O–H groups in total. The number of carbonyl (C=O) groups excluding carboxylic acids is 1. The second kappa shape index (κ2) is 7.16. The lowest BCUT2D eigenvalue weighted by Gasteiger charge is -2.10. The number of benzene rings is 2. The number of carbonyl (C=O) groups is 1. The molecule has 1 saturated heterocycles. The van der Waals surface area contributed by atoms with E-state index in [-0.39, 0.29) is 29.0 Å². The Morgan fingerprint density at radius 2 is 1.72 bits per heavy atom. The van der Waals surface area contributed by atoms with Crippen molar-refractivity contribution in [1.29, 1.82) is 0 Å². The summed E-state index contributed by atoms with van der Waals surface area (Å²) >= 11 is 0. The number of sulfonamides is 1. The summed E-state index contributed by atoms with van der Waals surface area (Å²) in [6, 6.07) is 12.1. The van der Waals surface area contributed by atoms with Crippen molar-refractivity contribution < 1.29 is 13.2 Å². The van der Waals surface area contributed by atoms with E-state index in [1.165, 1.54) is 4.57 Å². The maximum Gasteiger partial charge on any atom is 0.328 e. The van der Waals surface area contributed by atoms with E-state index in [0.29, 0.717) is 13.0 Å². The number of rotatable bonds is 5. The van der Waals surface area contributed by atoms with Crippen LogP contribution in [0, 0.1) is 0 Å². The standard InChI is InChI=1S/C20H22N4O4S/c1-23-17-8-3-13(9-18(17)24(2)20(23)26)11-22-29(27,28)16-6-4-14(5-7-16)15-10-19(25)21-12-15/h3-9,15,22H,10-12H2,1-2H3,(H,21,25)/t15-/m0/s1. The highest BCUT2D eigenvalue weighted by molar-refractivity contribution is 7.89. The summed E-state index contributed by atoms with van der Waals surface area (Å²) in [4.78, 5) is 23.6. The summed E-state index contributed by atoms with van der Waals surface area (Å²) in [5.41, 5.74) is 3.11. The van der Waals surface area contributed by atoms with Crippen molar-refractivity contribution in [3.05, 3.63) is 64.1 Å². The van der Waals surface area contributed by atoms with Crippen LogP contribution in [0.5, 0.6) is 0 Å². The highest BCUT2D eigenvalue weighted by Crippen LogP contribution is 2.24. The Hall–Kier alpha value is -2.91. The minimum Gasteiger partial charge on any atom is -0.355 e. The van der Waals surface area contributed by atoms with Gasteiger partial charge in [-0.25, -0.2) is 17.9 Å². The first-order valence-corrected chi connectivity index (χ1v) is 10.8. The zero-order valence-electron chi connectivity index (χ0n) is 16.2. The summed E-state index contributed by atoms with van der Waals surface area (Å²) < 4.78 is 31.0. The monoisotopic (exact) mass is 414 g/mol. The Morgan fingerprint density at radius 3 is 2.38 bits per heavy atom. The number of hydrogen-bond donors (Lipinski definition) is 2. The number of nitrogens with zero attached hydrogens (tertiary/aromatic N) is 2. The van der Waals surface area contributed by atoms with Crippen LogP contribution in [0.4, 0.5) is 0 Å². The van der Waals surface area contributed by atoms with Crippen LogP contribution in [-0.4, -0.2) is 30.0 Å². The second-order valence-corrected chi connectivity index (χ2v) is 9.09. The number of amides is 1. The van der Waals surface area contributed by atoms with Gasteiger partial charge in [0.1, 0.15) is 0 Å². The van der Waals surface area contributed by atoms with E-state index >= 15 is 0 Å². The van der Waals surface area contributed by atoms with Crippen molar-refractivity contribution in [2.45, 2.75) is 23.8 Å². The minimum atomic E-state index is -3.68. The van der Waals surface area contributed by atoms with Gasteiger partial charge < -0.3 is 5.32 Å². The van der Waals surface area contributed by atoms with Gasteiger partial charge in [-0.15, -0.1) is 0 Å². The van der Waals surface area contributed by atoms with E-state index < -0.39 is 10.0 Å². The maximum atomic E-state index is 12.6. The van der Waals surface area contributed by atoms with Crippen LogP contribution in [-0.2, 0) is 35.5 Å². The first-order valence-electron chi connectivity index (χ1n) is 9.27. The van der Waals surface area contributed by atoms with Crippen LogP contribution in [0.15, 0.2) is 52.2 Å². The smallest absolute Gasteiger partial charge is 0.328 e. The summed E-state index contributed by atoms with van der Waals surface area (Å²) in [5, 5.41) is 2.78. The molecule has 2 heterocycles. The van der Waals surface area contributed by atoms with Gasteiger partial charge in [-0.3, -0.25) is 13.9 Å². The zero-order chi connectivity index (χ0) is 20.8. The minimum absolute atomic E-state index is 0.0150. The molecule has 1 fully saturated rings. The molecule has 8 nitrogen and oxygen atoms in total. The van der Waals surface area contributed by atoms with Gasteiger partial charge in [-0.05, 0) is 35.4 Å². The van der Waals surface area contributed by atoms with E-state index in [2.05, 4.69) is 10.0 Å². The molecule has 1 amide bonds. The number of hydrogen-bond acceptors (Lipinski definition) is 4. The number of aromatic nitrogens is 2. The average Bonchev–Trinajstić information content (AvgIpc) is 3.24. The highest BCUT2D eigenvalue weighted by Gasteiger charge is 2.23. The second-order valence-electron chi connectivity index (χ2n) is 7.32. The van der Waals surface area contributed by atoms with Gasteiger partial charge in [0.05, 0.1) is 15.9 Å². The zero-order valence-corrected chi connectivity index (χ0v) is 17.0. The van der Waals surface area contributed by atoms with Crippen molar-refractivity contribution >= 4 is 27.0 Å². The van der Waals surface area contributed by atoms with Crippen molar-refractivity contribution in [1.82, 2.24) is 19.2 Å². The van der Waals surface area contributed by atoms with Crippen molar-refractivity contribution in [3.63, 3.8) is 0 Å². The molecule has 1 aliphatic rings. The fourth-order valence-corrected chi connectivity index (χ4v) is 4.70. The van der Waals surface area contributed by atoms with Crippen molar-refractivity contribution in [2.75, 3.05) is 6.54 Å². The van der Waals surface area contributed by atoms with Crippen LogP contribution in [0.3, 0.4) is 0 Å². The van der Waals surface area contributed by atoms with Gasteiger partial charge in [0.2, 0.25) is 15.9 Å². The Morgan fingerprint density at radius 1 is 1.03 bits per heavy atom. The number of fused-ring (bicyclic) bond motifs is 1. The lowest BCUT2D eigenvalue weighted by Crippen LogP contribution is -2.23. The normalized spacial score (nSPS) is 17.0. The molecular formula is C20H22N4O4S. The van der Waals surface area contributed by atoms with Gasteiger partial charge in [-0.2, -0.15) is 0 Å². The molecule has 4 rings (SSSR count). The first kappa shape index (κ1) is 19.4. The third kappa shape index (κ3) is 3.58. The van der Waals surface area contributed by atoms with E-state index in [4.69, 9.17) is 0 Å². The van der Waals surface area contributed by atoms with Gasteiger partial charge in [-0.1, -0.05) is 18.2 Å². The molecule has 1 aromatic heterocycles. The summed E-state index contributed by atoms with van der Waals surface area (Å²) in [6.45, 7) is 0.692. The maximum absolute atomic E-state index is 12.6. The quantitative estimate of drug-likeness (QED) is 0.649. The topological polar surface area (TPSA) is 102 Å². The van der Waals surface area contributed by atoms with Gasteiger partial charge in [0.25, 0.3) is 0 Å². The van der Waals surface area contributed by atoms with Crippen LogP contribution >= 0.6 is 0 Å². The Labute approximate surface area is 168 Å². The van der Waals surface area contributed by atoms with Gasteiger partial charge >= 0.3 is 5.69 Å². The van der Waals surface area contributed by atoms with Gasteiger partial charge in [0.15, 0.2) is 0 Å². The Bertz CT molecular complexity index is 1260. The number of aryl methyl sites for hydroxylation is 2.